The zero-order valence-electron chi connectivity index (χ0n) is 17.1. The molecule has 0 aromatic heterocycles. The maximum Gasteiger partial charge on any atom is 0.410 e. The van der Waals surface area contributed by atoms with Gasteiger partial charge in [0.05, 0.1) is 16.9 Å². The number of carbonyl (C=O) groups is 1. The maximum atomic E-state index is 13.8. The molecule has 1 amide bonds. The number of hydrogen-bond donors (Lipinski definition) is 1. The molecular weight excluding hydrogens is 421 g/mol. The Morgan fingerprint density at radius 2 is 1.97 bits per heavy atom. The van der Waals surface area contributed by atoms with Crippen LogP contribution in [0.5, 0.6) is 0 Å². The van der Waals surface area contributed by atoms with E-state index >= 15 is 0 Å². The summed E-state index contributed by atoms with van der Waals surface area (Å²) < 4.78 is 46.3. The van der Waals surface area contributed by atoms with Crippen LogP contribution in [0.1, 0.15) is 25.3 Å². The highest BCUT2D eigenvalue weighted by Crippen LogP contribution is 2.43. The van der Waals surface area contributed by atoms with Gasteiger partial charge in [-0.2, -0.15) is 0 Å². The lowest BCUT2D eigenvalue weighted by Gasteiger charge is -2.46. The van der Waals surface area contributed by atoms with Crippen LogP contribution in [0.15, 0.2) is 54.6 Å². The zero-order valence-corrected chi connectivity index (χ0v) is 17.9. The van der Waals surface area contributed by atoms with E-state index in [1.54, 1.807) is 4.90 Å². The molecule has 164 valence electrons. The van der Waals surface area contributed by atoms with Gasteiger partial charge in [-0.05, 0) is 43.5 Å². The second-order valence-corrected chi connectivity index (χ2v) is 9.87. The molecule has 2 aliphatic rings. The minimum absolute atomic E-state index is 0.0703. The van der Waals surface area contributed by atoms with Crippen molar-refractivity contribution in [2.24, 2.45) is 0 Å². The van der Waals surface area contributed by atoms with Crippen molar-refractivity contribution in [2.75, 3.05) is 16.6 Å². The first-order valence-electron chi connectivity index (χ1n) is 10.1. The lowest BCUT2D eigenvalue weighted by Crippen LogP contribution is -2.60. The Balaban J connectivity index is 1.55. The number of piperidine rings is 1. The second kappa shape index (κ2) is 7.96. The molecule has 4 rings (SSSR count). The third-order valence-corrected chi connectivity index (χ3v) is 7.74. The van der Waals surface area contributed by atoms with Gasteiger partial charge >= 0.3 is 6.09 Å². The van der Waals surface area contributed by atoms with Crippen molar-refractivity contribution < 1.29 is 22.3 Å². The third kappa shape index (κ3) is 3.89. The fourth-order valence-electron chi connectivity index (χ4n) is 4.54. The van der Waals surface area contributed by atoms with E-state index in [1.165, 1.54) is 28.6 Å². The zero-order chi connectivity index (χ0) is 22.2. The van der Waals surface area contributed by atoms with Crippen LogP contribution in [0.2, 0.25) is 0 Å². The Kier molecular flexibility index (Phi) is 5.47. The van der Waals surface area contributed by atoms with Gasteiger partial charge in [-0.25, -0.2) is 17.6 Å². The Morgan fingerprint density at radius 3 is 2.65 bits per heavy atom. The predicted octanol–water partition coefficient (Wildman–Crippen LogP) is 3.56. The molecule has 1 N–H and O–H groups in total. The topological polar surface area (TPSA) is 90.8 Å². The average molecular weight is 446 g/mol. The first-order valence-corrected chi connectivity index (χ1v) is 11.7. The van der Waals surface area contributed by atoms with E-state index < -0.39 is 33.2 Å². The van der Waals surface area contributed by atoms with Crippen LogP contribution >= 0.6 is 0 Å². The van der Waals surface area contributed by atoms with Crippen LogP contribution in [0, 0.1) is 11.2 Å². The van der Waals surface area contributed by atoms with Crippen molar-refractivity contribution in [1.82, 2.24) is 4.90 Å². The normalized spacial score (nSPS) is 25.1. The van der Waals surface area contributed by atoms with Gasteiger partial charge in [-0.15, -0.1) is 0 Å². The SMILES string of the molecule is CC1CC2(CCN1C(=O)OCc1ccccc1)C(=N)CS(=O)(=O)N2c1cccc(F)c1. The Hall–Kier alpha value is -2.94. The molecule has 2 aromatic carbocycles. The van der Waals surface area contributed by atoms with Crippen LogP contribution in [0.25, 0.3) is 0 Å². The van der Waals surface area contributed by atoms with Crippen molar-refractivity contribution >= 4 is 27.5 Å². The van der Waals surface area contributed by atoms with Crippen LogP contribution < -0.4 is 4.31 Å². The summed E-state index contributed by atoms with van der Waals surface area (Å²) in [5.74, 6) is -0.953. The summed E-state index contributed by atoms with van der Waals surface area (Å²) in [4.78, 5) is 14.2. The molecule has 0 bridgehead atoms. The van der Waals surface area contributed by atoms with Gasteiger partial charge in [0.25, 0.3) is 0 Å². The molecule has 2 aliphatic heterocycles. The summed E-state index contributed by atoms with van der Waals surface area (Å²) in [5, 5.41) is 8.49. The van der Waals surface area contributed by atoms with E-state index in [0.717, 1.165) is 5.56 Å². The number of amides is 1. The Bertz CT molecular complexity index is 1110. The number of benzene rings is 2. The van der Waals surface area contributed by atoms with Crippen LogP contribution in [0.4, 0.5) is 14.9 Å². The number of carbonyl (C=O) groups excluding carboxylic acids is 1. The lowest BCUT2D eigenvalue weighted by molar-refractivity contribution is 0.0650. The number of nitrogens with zero attached hydrogens (tertiary/aromatic N) is 2. The van der Waals surface area contributed by atoms with E-state index in [4.69, 9.17) is 10.1 Å². The van der Waals surface area contributed by atoms with Gasteiger partial charge in [0, 0.05) is 12.6 Å². The molecule has 2 unspecified atom stereocenters. The number of sulfonamides is 1. The number of ether oxygens (including phenoxy) is 1. The van der Waals surface area contributed by atoms with Gasteiger partial charge < -0.3 is 15.0 Å². The summed E-state index contributed by atoms with van der Waals surface area (Å²) in [5.41, 5.74) is 0.0378. The molecule has 0 saturated carbocycles. The molecule has 0 radical (unpaired) electrons. The Labute approximate surface area is 181 Å². The Morgan fingerprint density at radius 1 is 1.23 bits per heavy atom. The highest BCUT2D eigenvalue weighted by atomic mass is 32.2. The summed E-state index contributed by atoms with van der Waals surface area (Å²) in [6, 6.07) is 14.4. The molecule has 1 spiro atoms. The number of nitrogens with one attached hydrogen (secondary N) is 1. The molecule has 9 heteroatoms. The van der Waals surface area contributed by atoms with Crippen molar-refractivity contribution in [3.05, 3.63) is 66.0 Å². The monoisotopic (exact) mass is 445 g/mol. The minimum atomic E-state index is -3.81. The third-order valence-electron chi connectivity index (χ3n) is 5.97. The van der Waals surface area contributed by atoms with Crippen LogP contribution in [0.3, 0.4) is 0 Å². The van der Waals surface area contributed by atoms with Crippen LogP contribution in [-0.4, -0.2) is 49.0 Å². The van der Waals surface area contributed by atoms with E-state index in [2.05, 4.69) is 0 Å². The summed E-state index contributed by atoms with van der Waals surface area (Å²) in [6.07, 6.45) is 0.00450. The van der Waals surface area contributed by atoms with Gasteiger partial charge in [0.15, 0.2) is 0 Å². The highest BCUT2D eigenvalue weighted by Gasteiger charge is 2.57. The number of rotatable bonds is 3. The quantitative estimate of drug-likeness (QED) is 0.782. The van der Waals surface area contributed by atoms with E-state index in [-0.39, 0.29) is 43.4 Å². The van der Waals surface area contributed by atoms with Gasteiger partial charge in [0.1, 0.15) is 18.2 Å². The molecule has 7 nitrogen and oxygen atoms in total. The predicted molar refractivity (Wildman–Crippen MR) is 115 cm³/mol. The number of anilines is 1. The van der Waals surface area contributed by atoms with Gasteiger partial charge in [-0.1, -0.05) is 36.4 Å². The maximum absolute atomic E-state index is 13.8. The van der Waals surface area contributed by atoms with Crippen LogP contribution in [-0.2, 0) is 21.4 Å². The smallest absolute Gasteiger partial charge is 0.410 e. The fourth-order valence-corrected chi connectivity index (χ4v) is 6.54. The molecule has 0 aliphatic carbocycles. The van der Waals surface area contributed by atoms with Crippen molar-refractivity contribution in [3.8, 4) is 0 Å². The number of likely N-dealkylation sites (tertiary alicyclic amines) is 1. The van der Waals surface area contributed by atoms with E-state index in [0.29, 0.717) is 0 Å². The second-order valence-electron chi connectivity index (χ2n) is 8.05. The molecule has 31 heavy (non-hydrogen) atoms. The average Bonchev–Trinajstić information content (AvgIpc) is 2.91. The molecule has 2 saturated heterocycles. The molecule has 2 atom stereocenters. The molecule has 2 heterocycles. The molecular formula is C22H24FN3O4S. The number of hydrogen-bond acceptors (Lipinski definition) is 5. The van der Waals surface area contributed by atoms with E-state index in [9.17, 15) is 17.6 Å². The summed E-state index contributed by atoms with van der Waals surface area (Å²) in [6.45, 7) is 2.19. The van der Waals surface area contributed by atoms with Crippen molar-refractivity contribution in [3.63, 3.8) is 0 Å². The molecule has 2 fully saturated rings. The largest absolute Gasteiger partial charge is 0.445 e. The standard InChI is InChI=1S/C22H24FN3O4S/c1-16-13-22(10-11-25(16)21(27)30-14-17-6-3-2-4-7-17)20(24)15-31(28,29)26(22)19-9-5-8-18(23)12-19/h2-9,12,16,24H,10-11,13-15H2,1H3. The van der Waals surface area contributed by atoms with Crippen molar-refractivity contribution in [2.45, 2.75) is 38.0 Å². The molecule has 2 aromatic rings. The van der Waals surface area contributed by atoms with Gasteiger partial charge in [0.2, 0.25) is 10.0 Å². The van der Waals surface area contributed by atoms with Gasteiger partial charge in [-0.3, -0.25) is 4.31 Å². The van der Waals surface area contributed by atoms with E-state index in [1.807, 2.05) is 37.3 Å². The lowest BCUT2D eigenvalue weighted by atomic mass is 9.80. The fraction of sp³-hybridized carbons (Fsp3) is 0.364. The van der Waals surface area contributed by atoms with Crippen molar-refractivity contribution in [1.29, 1.82) is 5.41 Å². The first kappa shape index (κ1) is 21.3. The first-order chi connectivity index (χ1) is 14.7. The summed E-state index contributed by atoms with van der Waals surface area (Å²) >= 11 is 0. The minimum Gasteiger partial charge on any atom is -0.445 e. The number of halogens is 1. The summed E-state index contributed by atoms with van der Waals surface area (Å²) in [7, 11) is -3.81. The highest BCUT2D eigenvalue weighted by molar-refractivity contribution is 7.94.